The van der Waals surface area contributed by atoms with Crippen LogP contribution in [0.3, 0.4) is 0 Å². The van der Waals surface area contributed by atoms with E-state index in [1.54, 1.807) is 18.2 Å². The lowest BCUT2D eigenvalue weighted by Gasteiger charge is -2.24. The first-order valence-electron chi connectivity index (χ1n) is 8.65. The molecular weight excluding hydrogens is 314 g/mol. The molecule has 1 aromatic heterocycles. The Bertz CT molecular complexity index is 947. The molecule has 1 heterocycles. The summed E-state index contributed by atoms with van der Waals surface area (Å²) in [6.45, 7) is 5.05. The average Bonchev–Trinajstić information content (AvgIpc) is 2.58. The number of benzene rings is 2. The molecule has 0 fully saturated rings. The number of rotatable bonds is 6. The second-order valence-corrected chi connectivity index (χ2v) is 6.60. The highest BCUT2D eigenvalue weighted by Gasteiger charge is 2.11. The van der Waals surface area contributed by atoms with Gasteiger partial charge in [0.25, 0.3) is 0 Å². The number of nitrogens with two attached hydrogens (primary N) is 1. The molecule has 2 aromatic carbocycles. The average molecular weight is 339 g/mol. The first-order valence-corrected chi connectivity index (χ1v) is 8.65. The number of fused-ring (bicyclic) bond motifs is 2. The van der Waals surface area contributed by atoms with Crippen LogP contribution in [0, 0.1) is 0 Å². The van der Waals surface area contributed by atoms with E-state index in [1.807, 2.05) is 18.2 Å². The first kappa shape index (κ1) is 17.3. The van der Waals surface area contributed by atoms with Crippen LogP contribution in [0.4, 0.5) is 11.4 Å². The van der Waals surface area contributed by atoms with E-state index in [2.05, 4.69) is 30.8 Å². The van der Waals surface area contributed by atoms with Gasteiger partial charge in [-0.25, -0.2) is 0 Å². The maximum absolute atomic E-state index is 12.7. The molecule has 0 aliphatic rings. The van der Waals surface area contributed by atoms with Crippen molar-refractivity contribution in [3.8, 4) is 0 Å². The van der Waals surface area contributed by atoms with E-state index in [9.17, 15) is 4.79 Å². The van der Waals surface area contributed by atoms with Gasteiger partial charge < -0.3 is 20.0 Å². The molecule has 0 atom stereocenters. The van der Waals surface area contributed by atoms with Crippen LogP contribution in [0.5, 0.6) is 0 Å². The minimum Gasteiger partial charge on any atom is -0.456 e. The van der Waals surface area contributed by atoms with E-state index >= 15 is 0 Å². The normalized spacial score (nSPS) is 11.5. The Morgan fingerprint density at radius 3 is 2.36 bits per heavy atom. The van der Waals surface area contributed by atoms with Gasteiger partial charge >= 0.3 is 0 Å². The highest BCUT2D eigenvalue weighted by molar-refractivity contribution is 5.92. The Kier molecular flexibility index (Phi) is 4.95. The van der Waals surface area contributed by atoms with Gasteiger partial charge in [-0.2, -0.15) is 0 Å². The predicted molar refractivity (Wildman–Crippen MR) is 105 cm³/mol. The summed E-state index contributed by atoms with van der Waals surface area (Å²) in [5, 5.41) is 1.16. The number of hydrogen-bond acceptors (Lipinski definition) is 5. The quantitative estimate of drug-likeness (QED) is 0.551. The highest BCUT2D eigenvalue weighted by Crippen LogP contribution is 2.25. The lowest BCUT2D eigenvalue weighted by atomic mass is 10.1. The third-order valence-corrected chi connectivity index (χ3v) is 4.46. The van der Waals surface area contributed by atoms with E-state index in [4.69, 9.17) is 10.2 Å². The SMILES string of the molecule is CCN(CCCN(C)C)c1ccc2c(=O)c3ccc(N)cc3oc2c1. The molecule has 0 radical (unpaired) electrons. The molecule has 0 bridgehead atoms. The van der Waals surface area contributed by atoms with Crippen molar-refractivity contribution in [2.75, 3.05) is 44.4 Å². The monoisotopic (exact) mass is 339 g/mol. The molecule has 2 N–H and O–H groups in total. The van der Waals surface area contributed by atoms with Gasteiger partial charge in [0.1, 0.15) is 11.2 Å². The molecular formula is C20H25N3O2. The Hall–Kier alpha value is -2.53. The second-order valence-electron chi connectivity index (χ2n) is 6.60. The molecule has 25 heavy (non-hydrogen) atoms. The van der Waals surface area contributed by atoms with Crippen molar-refractivity contribution in [2.45, 2.75) is 13.3 Å². The van der Waals surface area contributed by atoms with Gasteiger partial charge in [0.15, 0.2) is 0 Å². The number of anilines is 2. The van der Waals surface area contributed by atoms with Crippen molar-refractivity contribution in [3.63, 3.8) is 0 Å². The molecule has 0 aliphatic heterocycles. The van der Waals surface area contributed by atoms with Gasteiger partial charge in [-0.15, -0.1) is 0 Å². The second kappa shape index (κ2) is 7.15. The molecule has 132 valence electrons. The third-order valence-electron chi connectivity index (χ3n) is 4.46. The maximum atomic E-state index is 12.7. The van der Waals surface area contributed by atoms with E-state index in [0.29, 0.717) is 27.6 Å². The third kappa shape index (κ3) is 3.61. The summed E-state index contributed by atoms with van der Waals surface area (Å²) in [7, 11) is 4.16. The van der Waals surface area contributed by atoms with Gasteiger partial charge in [-0.05, 0) is 58.3 Å². The zero-order chi connectivity index (χ0) is 18.0. The van der Waals surface area contributed by atoms with Gasteiger partial charge in [0.2, 0.25) is 5.43 Å². The van der Waals surface area contributed by atoms with Crippen molar-refractivity contribution in [2.24, 2.45) is 0 Å². The lowest BCUT2D eigenvalue weighted by Crippen LogP contribution is -2.27. The largest absolute Gasteiger partial charge is 0.456 e. The summed E-state index contributed by atoms with van der Waals surface area (Å²) in [4.78, 5) is 17.2. The van der Waals surface area contributed by atoms with E-state index < -0.39 is 0 Å². The molecule has 0 saturated carbocycles. The van der Waals surface area contributed by atoms with Crippen molar-refractivity contribution >= 4 is 33.3 Å². The van der Waals surface area contributed by atoms with Crippen LogP contribution in [-0.4, -0.2) is 38.6 Å². The molecule has 0 saturated heterocycles. The Balaban J connectivity index is 2.00. The molecule has 3 aromatic rings. The van der Waals surface area contributed by atoms with Gasteiger partial charge in [-0.1, -0.05) is 0 Å². The number of nitrogens with zero attached hydrogens (tertiary/aromatic N) is 2. The summed E-state index contributed by atoms with van der Waals surface area (Å²) in [6, 6.07) is 11.0. The minimum absolute atomic E-state index is 0.0153. The van der Waals surface area contributed by atoms with E-state index in [1.165, 1.54) is 0 Å². The summed E-state index contributed by atoms with van der Waals surface area (Å²) in [6.07, 6.45) is 1.08. The van der Waals surface area contributed by atoms with Crippen molar-refractivity contribution < 1.29 is 4.42 Å². The smallest absolute Gasteiger partial charge is 0.200 e. The van der Waals surface area contributed by atoms with Gasteiger partial charge in [0.05, 0.1) is 10.8 Å². The summed E-state index contributed by atoms with van der Waals surface area (Å²) in [5.41, 5.74) is 8.60. The topological polar surface area (TPSA) is 62.7 Å². The van der Waals surface area contributed by atoms with E-state index in [-0.39, 0.29) is 5.43 Å². The zero-order valence-corrected chi connectivity index (χ0v) is 15.1. The Morgan fingerprint density at radius 1 is 1.00 bits per heavy atom. The number of hydrogen-bond donors (Lipinski definition) is 1. The van der Waals surface area contributed by atoms with Crippen LogP contribution < -0.4 is 16.1 Å². The minimum atomic E-state index is -0.0153. The Morgan fingerprint density at radius 2 is 1.68 bits per heavy atom. The van der Waals surface area contributed by atoms with Crippen LogP contribution in [0.2, 0.25) is 0 Å². The van der Waals surface area contributed by atoms with Crippen molar-refractivity contribution in [1.29, 1.82) is 0 Å². The summed E-state index contributed by atoms with van der Waals surface area (Å²) in [5.74, 6) is 0. The molecule has 5 heteroatoms. The van der Waals surface area contributed by atoms with Gasteiger partial charge in [-0.3, -0.25) is 4.79 Å². The fraction of sp³-hybridized carbons (Fsp3) is 0.350. The molecule has 3 rings (SSSR count). The first-order chi connectivity index (χ1) is 12.0. The van der Waals surface area contributed by atoms with Gasteiger partial charge in [0, 0.05) is 36.6 Å². The molecule has 0 amide bonds. The van der Waals surface area contributed by atoms with Crippen LogP contribution in [0.25, 0.3) is 21.9 Å². The van der Waals surface area contributed by atoms with Crippen LogP contribution >= 0.6 is 0 Å². The van der Waals surface area contributed by atoms with Crippen molar-refractivity contribution in [3.05, 3.63) is 46.6 Å². The highest BCUT2D eigenvalue weighted by atomic mass is 16.3. The molecule has 0 unspecified atom stereocenters. The van der Waals surface area contributed by atoms with Crippen LogP contribution in [0.1, 0.15) is 13.3 Å². The standard InChI is InChI=1S/C20H25N3O2/c1-4-23(11-5-10-22(2)3)15-7-9-17-19(13-15)25-18-12-14(21)6-8-16(18)20(17)24/h6-9,12-13H,4-5,10-11,21H2,1-3H3. The molecule has 0 aliphatic carbocycles. The fourth-order valence-electron chi connectivity index (χ4n) is 3.10. The van der Waals surface area contributed by atoms with E-state index in [0.717, 1.165) is 31.7 Å². The van der Waals surface area contributed by atoms with Crippen LogP contribution in [-0.2, 0) is 0 Å². The Labute approximate surface area is 147 Å². The maximum Gasteiger partial charge on any atom is 0.200 e. The molecule has 0 spiro atoms. The summed E-state index contributed by atoms with van der Waals surface area (Å²) >= 11 is 0. The number of nitrogen functional groups attached to an aromatic ring is 1. The zero-order valence-electron chi connectivity index (χ0n) is 15.1. The van der Waals surface area contributed by atoms with Crippen LogP contribution in [0.15, 0.2) is 45.6 Å². The predicted octanol–water partition coefficient (Wildman–Crippen LogP) is 3.31. The van der Waals surface area contributed by atoms with Crippen molar-refractivity contribution in [1.82, 2.24) is 4.90 Å². The molecule has 5 nitrogen and oxygen atoms in total. The summed E-state index contributed by atoms with van der Waals surface area (Å²) < 4.78 is 5.97. The lowest BCUT2D eigenvalue weighted by molar-refractivity contribution is 0.400. The fourth-order valence-corrected chi connectivity index (χ4v) is 3.10.